The smallest absolute Gasteiger partial charge is 0.350 e. The highest BCUT2D eigenvalue weighted by molar-refractivity contribution is 9.10. The SMILES string of the molecule is CCOC(=O)c1sc(Nc2ccc(Br)cn2)nc1C. The fourth-order valence-electron chi connectivity index (χ4n) is 1.40. The summed E-state index contributed by atoms with van der Waals surface area (Å²) in [5.74, 6) is 0.335. The molecule has 0 amide bonds. The maximum absolute atomic E-state index is 11.7. The molecule has 0 saturated carbocycles. The second-order valence-electron chi connectivity index (χ2n) is 3.64. The standard InChI is InChI=1S/C12H12BrN3O2S/c1-3-18-11(17)10-7(2)15-12(19-10)16-9-5-4-8(13)6-14-9/h4-6H,3H2,1-2H3,(H,14,15,16). The van der Waals surface area contributed by atoms with Crippen molar-refractivity contribution in [3.05, 3.63) is 33.4 Å². The van der Waals surface area contributed by atoms with E-state index in [1.165, 1.54) is 11.3 Å². The van der Waals surface area contributed by atoms with Gasteiger partial charge in [0.1, 0.15) is 10.7 Å². The molecule has 0 unspecified atom stereocenters. The topological polar surface area (TPSA) is 64.1 Å². The predicted molar refractivity (Wildman–Crippen MR) is 78.0 cm³/mol. The Morgan fingerprint density at radius 3 is 2.95 bits per heavy atom. The molecule has 100 valence electrons. The van der Waals surface area contributed by atoms with E-state index in [2.05, 4.69) is 31.2 Å². The monoisotopic (exact) mass is 341 g/mol. The second-order valence-corrected chi connectivity index (χ2v) is 5.56. The lowest BCUT2D eigenvalue weighted by Crippen LogP contribution is -2.03. The molecule has 2 rings (SSSR count). The summed E-state index contributed by atoms with van der Waals surface area (Å²) in [6.45, 7) is 3.91. The van der Waals surface area contributed by atoms with Crippen LogP contribution in [0, 0.1) is 6.92 Å². The molecule has 0 aliphatic carbocycles. The van der Waals surface area contributed by atoms with Crippen molar-refractivity contribution < 1.29 is 9.53 Å². The number of aryl methyl sites for hydroxylation is 1. The molecule has 0 aromatic carbocycles. The van der Waals surface area contributed by atoms with Crippen LogP contribution in [-0.4, -0.2) is 22.5 Å². The van der Waals surface area contributed by atoms with Crippen molar-refractivity contribution >= 4 is 44.2 Å². The fourth-order valence-corrected chi connectivity index (χ4v) is 2.50. The third-order valence-electron chi connectivity index (χ3n) is 2.22. The maximum atomic E-state index is 11.7. The number of ether oxygens (including phenoxy) is 1. The highest BCUT2D eigenvalue weighted by atomic mass is 79.9. The zero-order chi connectivity index (χ0) is 13.8. The minimum Gasteiger partial charge on any atom is -0.462 e. The number of rotatable bonds is 4. The van der Waals surface area contributed by atoms with Gasteiger partial charge in [-0.1, -0.05) is 11.3 Å². The van der Waals surface area contributed by atoms with Crippen LogP contribution in [0.25, 0.3) is 0 Å². The van der Waals surface area contributed by atoms with Crippen molar-refractivity contribution in [3.8, 4) is 0 Å². The van der Waals surface area contributed by atoms with E-state index in [0.29, 0.717) is 28.1 Å². The Hall–Kier alpha value is -1.47. The molecule has 19 heavy (non-hydrogen) atoms. The molecule has 2 heterocycles. The van der Waals surface area contributed by atoms with Gasteiger partial charge in [-0.2, -0.15) is 0 Å². The highest BCUT2D eigenvalue weighted by Crippen LogP contribution is 2.26. The Labute approximate surface area is 123 Å². The van der Waals surface area contributed by atoms with E-state index in [1.54, 1.807) is 20.0 Å². The van der Waals surface area contributed by atoms with Gasteiger partial charge >= 0.3 is 5.97 Å². The Balaban J connectivity index is 2.16. The van der Waals surface area contributed by atoms with Crippen LogP contribution >= 0.6 is 27.3 Å². The van der Waals surface area contributed by atoms with Gasteiger partial charge in [-0.3, -0.25) is 0 Å². The summed E-state index contributed by atoms with van der Waals surface area (Å²) in [4.78, 5) is 20.7. The van der Waals surface area contributed by atoms with Gasteiger partial charge in [0.25, 0.3) is 0 Å². The Bertz CT molecular complexity index is 583. The number of anilines is 2. The molecular weight excluding hydrogens is 330 g/mol. The predicted octanol–water partition coefficient (Wildman–Crippen LogP) is 3.53. The van der Waals surface area contributed by atoms with E-state index >= 15 is 0 Å². The van der Waals surface area contributed by atoms with Crippen LogP contribution in [-0.2, 0) is 4.74 Å². The van der Waals surface area contributed by atoms with Gasteiger partial charge in [-0.15, -0.1) is 0 Å². The van der Waals surface area contributed by atoms with Crippen LogP contribution in [0.1, 0.15) is 22.3 Å². The number of esters is 1. The average molecular weight is 342 g/mol. The zero-order valence-corrected chi connectivity index (χ0v) is 12.8. The molecular formula is C12H12BrN3O2S. The number of nitrogens with one attached hydrogen (secondary N) is 1. The van der Waals surface area contributed by atoms with Gasteiger partial charge in [-0.25, -0.2) is 14.8 Å². The lowest BCUT2D eigenvalue weighted by atomic mass is 10.4. The van der Waals surface area contributed by atoms with Gasteiger partial charge in [0.05, 0.1) is 12.3 Å². The van der Waals surface area contributed by atoms with E-state index in [4.69, 9.17) is 4.74 Å². The third-order valence-corrected chi connectivity index (χ3v) is 3.74. The summed E-state index contributed by atoms with van der Waals surface area (Å²) in [7, 11) is 0. The lowest BCUT2D eigenvalue weighted by molar-refractivity contribution is 0.0531. The molecule has 0 aliphatic heterocycles. The van der Waals surface area contributed by atoms with Gasteiger partial charge in [0.2, 0.25) is 0 Å². The van der Waals surface area contributed by atoms with Crippen molar-refractivity contribution in [1.82, 2.24) is 9.97 Å². The van der Waals surface area contributed by atoms with Gasteiger partial charge < -0.3 is 10.1 Å². The first kappa shape index (κ1) is 14.0. The first-order chi connectivity index (χ1) is 9.10. The van der Waals surface area contributed by atoms with E-state index in [1.807, 2.05) is 12.1 Å². The molecule has 0 radical (unpaired) electrons. The number of aromatic nitrogens is 2. The number of thiazole rings is 1. The van der Waals surface area contributed by atoms with Gasteiger partial charge in [0, 0.05) is 10.7 Å². The van der Waals surface area contributed by atoms with E-state index in [0.717, 1.165) is 4.47 Å². The molecule has 2 aromatic rings. The molecule has 7 heteroatoms. The minimum absolute atomic E-state index is 0.339. The zero-order valence-electron chi connectivity index (χ0n) is 10.4. The molecule has 0 fully saturated rings. The number of carbonyl (C=O) groups is 1. The highest BCUT2D eigenvalue weighted by Gasteiger charge is 2.16. The summed E-state index contributed by atoms with van der Waals surface area (Å²) in [6, 6.07) is 3.70. The van der Waals surface area contributed by atoms with Crippen molar-refractivity contribution in [3.63, 3.8) is 0 Å². The summed E-state index contributed by atoms with van der Waals surface area (Å²) in [5, 5.41) is 3.68. The molecule has 1 N–H and O–H groups in total. The van der Waals surface area contributed by atoms with Crippen molar-refractivity contribution in [2.24, 2.45) is 0 Å². The Morgan fingerprint density at radius 2 is 2.32 bits per heavy atom. The van der Waals surface area contributed by atoms with E-state index in [-0.39, 0.29) is 5.97 Å². The number of pyridine rings is 1. The first-order valence-corrected chi connectivity index (χ1v) is 7.24. The summed E-state index contributed by atoms with van der Waals surface area (Å²) in [5.41, 5.74) is 0.656. The number of nitrogens with zero attached hydrogens (tertiary/aromatic N) is 2. The normalized spacial score (nSPS) is 10.3. The molecule has 0 saturated heterocycles. The summed E-state index contributed by atoms with van der Waals surface area (Å²) in [6.07, 6.45) is 1.69. The molecule has 0 aliphatic rings. The van der Waals surface area contributed by atoms with Crippen LogP contribution in [0.4, 0.5) is 10.9 Å². The first-order valence-electron chi connectivity index (χ1n) is 5.63. The second kappa shape index (κ2) is 6.12. The fraction of sp³-hybridized carbons (Fsp3) is 0.250. The van der Waals surface area contributed by atoms with Crippen molar-refractivity contribution in [1.29, 1.82) is 0 Å². The van der Waals surface area contributed by atoms with E-state index < -0.39 is 0 Å². The van der Waals surface area contributed by atoms with Crippen LogP contribution in [0.2, 0.25) is 0 Å². The Morgan fingerprint density at radius 1 is 1.53 bits per heavy atom. The molecule has 0 bridgehead atoms. The molecule has 5 nitrogen and oxygen atoms in total. The largest absolute Gasteiger partial charge is 0.462 e. The number of carbonyl (C=O) groups excluding carboxylic acids is 1. The number of hydrogen-bond donors (Lipinski definition) is 1. The molecule has 2 aromatic heterocycles. The number of hydrogen-bond acceptors (Lipinski definition) is 6. The Kier molecular flexibility index (Phi) is 4.49. The third kappa shape index (κ3) is 3.51. The average Bonchev–Trinajstić information content (AvgIpc) is 2.74. The van der Waals surface area contributed by atoms with Crippen molar-refractivity contribution in [2.45, 2.75) is 13.8 Å². The quantitative estimate of drug-likeness (QED) is 0.861. The molecule has 0 spiro atoms. The molecule has 0 atom stereocenters. The summed E-state index contributed by atoms with van der Waals surface area (Å²) < 4.78 is 5.87. The lowest BCUT2D eigenvalue weighted by Gasteiger charge is -2.00. The van der Waals surface area contributed by atoms with Crippen LogP contribution in [0.15, 0.2) is 22.8 Å². The van der Waals surface area contributed by atoms with Gasteiger partial charge in [-0.05, 0) is 41.9 Å². The maximum Gasteiger partial charge on any atom is 0.350 e. The minimum atomic E-state index is -0.339. The summed E-state index contributed by atoms with van der Waals surface area (Å²) >= 11 is 4.58. The van der Waals surface area contributed by atoms with Gasteiger partial charge in [0.15, 0.2) is 5.13 Å². The van der Waals surface area contributed by atoms with Crippen LogP contribution < -0.4 is 5.32 Å². The van der Waals surface area contributed by atoms with Crippen LogP contribution in [0.5, 0.6) is 0 Å². The van der Waals surface area contributed by atoms with E-state index in [9.17, 15) is 4.79 Å². The number of halogens is 1. The van der Waals surface area contributed by atoms with Crippen LogP contribution in [0.3, 0.4) is 0 Å². The van der Waals surface area contributed by atoms with Crippen molar-refractivity contribution in [2.75, 3.05) is 11.9 Å².